The van der Waals surface area contributed by atoms with Crippen molar-refractivity contribution in [1.82, 2.24) is 14.9 Å². The predicted octanol–water partition coefficient (Wildman–Crippen LogP) is 2.17. The number of nitrogen functional groups attached to an aromatic ring is 1. The van der Waals surface area contributed by atoms with Crippen LogP contribution >= 0.6 is 0 Å². The first-order valence-electron chi connectivity index (χ1n) is 7.88. The number of nitrogens with two attached hydrogens (primary N) is 1. The summed E-state index contributed by atoms with van der Waals surface area (Å²) in [6, 6.07) is 0.318. The van der Waals surface area contributed by atoms with Gasteiger partial charge in [0.1, 0.15) is 17.5 Å². The molecule has 1 atom stereocenters. The Kier molecular flexibility index (Phi) is 7.39. The zero-order valence-corrected chi connectivity index (χ0v) is 14.0. The molecule has 0 aromatic carbocycles. The first-order valence-corrected chi connectivity index (χ1v) is 7.88. The minimum absolute atomic E-state index is 0.318. The molecule has 0 bridgehead atoms. The van der Waals surface area contributed by atoms with Crippen LogP contribution in [0.25, 0.3) is 0 Å². The summed E-state index contributed by atoms with van der Waals surface area (Å²) in [6.07, 6.45) is 1.87. The van der Waals surface area contributed by atoms with E-state index in [1.54, 1.807) is 0 Å². The number of aromatic nitrogens is 2. The number of likely N-dealkylation sites (N-methyl/N-ethyl adjacent to an activating group) is 1. The second-order valence-corrected chi connectivity index (χ2v) is 5.39. The Morgan fingerprint density at radius 2 is 1.76 bits per heavy atom. The number of hydrogen-bond donors (Lipinski definition) is 3. The van der Waals surface area contributed by atoms with Crippen molar-refractivity contribution in [2.45, 2.75) is 53.5 Å². The van der Waals surface area contributed by atoms with Crippen molar-refractivity contribution in [1.29, 1.82) is 0 Å². The van der Waals surface area contributed by atoms with Crippen LogP contribution in [-0.4, -0.2) is 40.5 Å². The number of nitrogens with one attached hydrogen (secondary N) is 2. The average molecular weight is 294 g/mol. The zero-order chi connectivity index (χ0) is 15.8. The van der Waals surface area contributed by atoms with Crippen LogP contribution < -0.4 is 16.6 Å². The normalized spacial score (nSPS) is 12.5. The van der Waals surface area contributed by atoms with Gasteiger partial charge in [-0.15, -0.1) is 0 Å². The number of hydrogen-bond acceptors (Lipinski definition) is 6. The van der Waals surface area contributed by atoms with Crippen molar-refractivity contribution in [2.24, 2.45) is 5.84 Å². The van der Waals surface area contributed by atoms with Crippen molar-refractivity contribution in [3.63, 3.8) is 0 Å². The fraction of sp³-hybridized carbons (Fsp3) is 0.733. The van der Waals surface area contributed by atoms with Gasteiger partial charge in [0.2, 0.25) is 0 Å². The summed E-state index contributed by atoms with van der Waals surface area (Å²) < 4.78 is 0. The Labute approximate surface area is 128 Å². The smallest absolute Gasteiger partial charge is 0.148 e. The molecule has 120 valence electrons. The molecule has 0 saturated heterocycles. The molecular weight excluding hydrogens is 264 g/mol. The van der Waals surface area contributed by atoms with E-state index in [1.807, 2.05) is 6.92 Å². The Balaban J connectivity index is 2.87. The minimum Gasteiger partial charge on any atom is -0.366 e. The first-order chi connectivity index (χ1) is 10.0. The van der Waals surface area contributed by atoms with Crippen LogP contribution in [0, 0.1) is 6.92 Å². The van der Waals surface area contributed by atoms with Crippen molar-refractivity contribution in [3.05, 3.63) is 11.4 Å². The van der Waals surface area contributed by atoms with E-state index in [1.165, 1.54) is 0 Å². The van der Waals surface area contributed by atoms with Crippen molar-refractivity contribution in [2.75, 3.05) is 30.4 Å². The molecule has 0 amide bonds. The zero-order valence-electron chi connectivity index (χ0n) is 14.0. The summed E-state index contributed by atoms with van der Waals surface area (Å²) in [4.78, 5) is 11.5. The van der Waals surface area contributed by atoms with E-state index in [0.29, 0.717) is 11.9 Å². The molecule has 0 radical (unpaired) electrons. The summed E-state index contributed by atoms with van der Waals surface area (Å²) in [5.74, 6) is 7.97. The van der Waals surface area contributed by atoms with E-state index in [-0.39, 0.29) is 0 Å². The Bertz CT molecular complexity index is 430. The van der Waals surface area contributed by atoms with E-state index in [0.717, 1.165) is 49.7 Å². The summed E-state index contributed by atoms with van der Waals surface area (Å²) in [6.45, 7) is 13.7. The molecule has 6 heteroatoms. The van der Waals surface area contributed by atoms with Gasteiger partial charge in [0.05, 0.1) is 0 Å². The number of anilines is 2. The highest BCUT2D eigenvalue weighted by Crippen LogP contribution is 2.20. The minimum atomic E-state index is 0.318. The summed E-state index contributed by atoms with van der Waals surface area (Å²) in [5.41, 5.74) is 3.63. The van der Waals surface area contributed by atoms with E-state index >= 15 is 0 Å². The second kappa shape index (κ2) is 8.79. The first kappa shape index (κ1) is 17.7. The Hall–Kier alpha value is -1.40. The molecule has 4 N–H and O–H groups in total. The molecule has 0 saturated carbocycles. The van der Waals surface area contributed by atoms with Gasteiger partial charge >= 0.3 is 0 Å². The highest BCUT2D eigenvalue weighted by molar-refractivity contribution is 5.57. The molecule has 0 aliphatic carbocycles. The highest BCUT2D eigenvalue weighted by Gasteiger charge is 2.13. The van der Waals surface area contributed by atoms with Crippen LogP contribution in [0.2, 0.25) is 0 Å². The highest BCUT2D eigenvalue weighted by atomic mass is 15.3. The quantitative estimate of drug-likeness (QED) is 0.478. The van der Waals surface area contributed by atoms with Gasteiger partial charge < -0.3 is 15.6 Å². The third-order valence-electron chi connectivity index (χ3n) is 3.61. The largest absolute Gasteiger partial charge is 0.366 e. The Morgan fingerprint density at radius 1 is 1.14 bits per heavy atom. The molecule has 0 aliphatic heterocycles. The molecule has 0 fully saturated rings. The SMILES string of the molecule is CCCc1nc(NN)c(C)c(NC(C)CN(CC)CC)n1. The van der Waals surface area contributed by atoms with Crippen LogP contribution in [0.3, 0.4) is 0 Å². The van der Waals surface area contributed by atoms with Crippen LogP contribution in [0.5, 0.6) is 0 Å². The molecular formula is C15H30N6. The summed E-state index contributed by atoms with van der Waals surface area (Å²) in [7, 11) is 0. The molecule has 1 unspecified atom stereocenters. The van der Waals surface area contributed by atoms with Crippen LogP contribution in [0.15, 0.2) is 0 Å². The molecule has 1 aromatic rings. The lowest BCUT2D eigenvalue weighted by atomic mass is 10.2. The van der Waals surface area contributed by atoms with Crippen LogP contribution in [0.4, 0.5) is 11.6 Å². The van der Waals surface area contributed by atoms with Gasteiger partial charge in [-0.2, -0.15) is 0 Å². The van der Waals surface area contributed by atoms with Crippen LogP contribution in [-0.2, 0) is 6.42 Å². The fourth-order valence-corrected chi connectivity index (χ4v) is 2.33. The van der Waals surface area contributed by atoms with E-state index in [9.17, 15) is 0 Å². The average Bonchev–Trinajstić information content (AvgIpc) is 2.48. The monoisotopic (exact) mass is 294 g/mol. The standard InChI is InChI=1S/C15H30N6/c1-6-9-13-18-14(12(5)15(19-13)20-16)17-11(4)10-21(7-2)8-3/h11H,6-10,16H2,1-5H3,(H2,17,18,19,20). The molecule has 1 aromatic heterocycles. The second-order valence-electron chi connectivity index (χ2n) is 5.39. The van der Waals surface area contributed by atoms with Crippen LogP contribution in [0.1, 0.15) is 45.5 Å². The van der Waals surface area contributed by atoms with Gasteiger partial charge in [0.25, 0.3) is 0 Å². The maximum absolute atomic E-state index is 5.56. The summed E-state index contributed by atoms with van der Waals surface area (Å²) in [5, 5.41) is 3.49. The van der Waals surface area contributed by atoms with Crippen molar-refractivity contribution in [3.8, 4) is 0 Å². The summed E-state index contributed by atoms with van der Waals surface area (Å²) >= 11 is 0. The third-order valence-corrected chi connectivity index (χ3v) is 3.61. The van der Waals surface area contributed by atoms with Gasteiger partial charge in [0.15, 0.2) is 0 Å². The van der Waals surface area contributed by atoms with Gasteiger partial charge in [-0.25, -0.2) is 15.8 Å². The lowest BCUT2D eigenvalue weighted by Gasteiger charge is -2.24. The maximum Gasteiger partial charge on any atom is 0.148 e. The van der Waals surface area contributed by atoms with Gasteiger partial charge in [-0.3, -0.25) is 0 Å². The number of hydrazine groups is 1. The van der Waals surface area contributed by atoms with Gasteiger partial charge in [-0.1, -0.05) is 20.8 Å². The lowest BCUT2D eigenvalue weighted by Crippen LogP contribution is -2.35. The molecule has 0 spiro atoms. The fourth-order valence-electron chi connectivity index (χ4n) is 2.33. The van der Waals surface area contributed by atoms with Gasteiger partial charge in [-0.05, 0) is 33.4 Å². The predicted molar refractivity (Wildman–Crippen MR) is 89.4 cm³/mol. The maximum atomic E-state index is 5.56. The molecule has 6 nitrogen and oxygen atoms in total. The number of rotatable bonds is 9. The van der Waals surface area contributed by atoms with Gasteiger partial charge in [0, 0.05) is 24.6 Å². The third kappa shape index (κ3) is 5.13. The number of nitrogens with zero attached hydrogens (tertiary/aromatic N) is 3. The Morgan fingerprint density at radius 3 is 2.29 bits per heavy atom. The molecule has 1 heterocycles. The van der Waals surface area contributed by atoms with Crippen molar-refractivity contribution < 1.29 is 0 Å². The molecule has 0 aliphatic rings. The van der Waals surface area contributed by atoms with E-state index in [2.05, 4.69) is 53.3 Å². The molecule has 1 rings (SSSR count). The van der Waals surface area contributed by atoms with E-state index in [4.69, 9.17) is 5.84 Å². The molecule has 21 heavy (non-hydrogen) atoms. The topological polar surface area (TPSA) is 79.1 Å². The van der Waals surface area contributed by atoms with Crippen molar-refractivity contribution >= 4 is 11.6 Å². The van der Waals surface area contributed by atoms with E-state index < -0.39 is 0 Å². The lowest BCUT2D eigenvalue weighted by molar-refractivity contribution is 0.294. The number of aryl methyl sites for hydroxylation is 1.